The first-order chi connectivity index (χ1) is 18.5. The van der Waals surface area contributed by atoms with Crippen LogP contribution in [-0.4, -0.2) is 28.4 Å². The highest BCUT2D eigenvalue weighted by molar-refractivity contribution is 7.12. The summed E-state index contributed by atoms with van der Waals surface area (Å²) in [4.78, 5) is 45.4. The monoisotopic (exact) mass is 520 g/mol. The molecule has 4 atom stereocenters. The molecule has 0 saturated carbocycles. The Labute approximate surface area is 222 Å². The lowest BCUT2D eigenvalue weighted by atomic mass is 9.63. The van der Waals surface area contributed by atoms with E-state index in [1.807, 2.05) is 71.1 Å². The van der Waals surface area contributed by atoms with Gasteiger partial charge in [0.25, 0.3) is 0 Å². The molecular weight excluding hydrogens is 499 g/mol. The lowest BCUT2D eigenvalue weighted by Crippen LogP contribution is -2.49. The van der Waals surface area contributed by atoms with Crippen molar-refractivity contribution in [3.05, 3.63) is 129 Å². The topological polar surface area (TPSA) is 66.5 Å². The average molecular weight is 521 g/mol. The third-order valence-electron chi connectivity index (χ3n) is 8.01. The molecule has 186 valence electrons. The molecule has 38 heavy (non-hydrogen) atoms. The highest BCUT2D eigenvalue weighted by Crippen LogP contribution is 2.62. The maximum absolute atomic E-state index is 14.5. The lowest BCUT2D eigenvalue weighted by Gasteiger charge is -2.38. The number of carbonyl (C=O) groups excluding carboxylic acids is 3. The zero-order valence-electron chi connectivity index (χ0n) is 20.0. The van der Waals surface area contributed by atoms with Gasteiger partial charge in [-0.2, -0.15) is 0 Å². The van der Waals surface area contributed by atoms with Gasteiger partial charge in [0, 0.05) is 17.5 Å². The van der Waals surface area contributed by atoms with Crippen molar-refractivity contribution in [1.82, 2.24) is 4.90 Å². The second-order valence-electron chi connectivity index (χ2n) is 9.80. The van der Waals surface area contributed by atoms with Crippen LogP contribution >= 0.6 is 11.3 Å². The summed E-state index contributed by atoms with van der Waals surface area (Å²) in [5.41, 5.74) is 2.00. The van der Waals surface area contributed by atoms with Gasteiger partial charge in [0.2, 0.25) is 5.91 Å². The zero-order valence-corrected chi connectivity index (χ0v) is 20.8. The number of fused-ring (bicyclic) bond motifs is 6. The Morgan fingerprint density at radius 1 is 0.895 bits per heavy atom. The maximum atomic E-state index is 14.5. The predicted molar refractivity (Wildman–Crippen MR) is 143 cm³/mol. The number of hydrogen-bond donors (Lipinski definition) is 1. The molecule has 7 heteroatoms. The fourth-order valence-electron chi connectivity index (χ4n) is 6.53. The first kappa shape index (κ1) is 22.8. The van der Waals surface area contributed by atoms with Crippen LogP contribution in [0, 0.1) is 11.7 Å². The number of rotatable bonds is 4. The van der Waals surface area contributed by atoms with Gasteiger partial charge in [-0.05, 0) is 64.5 Å². The minimum Gasteiger partial charge on any atom is -0.358 e. The quantitative estimate of drug-likeness (QED) is 0.342. The number of ketones is 2. The Morgan fingerprint density at radius 3 is 2.45 bits per heavy atom. The van der Waals surface area contributed by atoms with Gasteiger partial charge in [0.15, 0.2) is 11.6 Å². The summed E-state index contributed by atoms with van der Waals surface area (Å²) in [5, 5.41) is 4.85. The van der Waals surface area contributed by atoms with Gasteiger partial charge >= 0.3 is 0 Å². The Balaban J connectivity index is 1.55. The summed E-state index contributed by atoms with van der Waals surface area (Å²) < 4.78 is 13.8. The van der Waals surface area contributed by atoms with E-state index in [0.717, 1.165) is 11.1 Å². The number of benzene rings is 3. The Kier molecular flexibility index (Phi) is 5.00. The van der Waals surface area contributed by atoms with Crippen LogP contribution in [-0.2, 0) is 10.2 Å². The second-order valence-corrected chi connectivity index (χ2v) is 10.7. The normalized spacial score (nSPS) is 24.6. The summed E-state index contributed by atoms with van der Waals surface area (Å²) in [7, 11) is 0. The summed E-state index contributed by atoms with van der Waals surface area (Å²) in [5.74, 6) is -2.43. The van der Waals surface area contributed by atoms with Gasteiger partial charge in [-0.15, -0.1) is 11.3 Å². The number of nitrogens with one attached hydrogen (secondary N) is 1. The number of nitrogens with zero attached hydrogens (tertiary/aromatic N) is 1. The first-order valence-electron chi connectivity index (χ1n) is 12.3. The number of halogens is 1. The van der Waals surface area contributed by atoms with Gasteiger partial charge in [0.05, 0.1) is 16.8 Å². The van der Waals surface area contributed by atoms with Crippen molar-refractivity contribution in [2.45, 2.75) is 17.5 Å². The van der Waals surface area contributed by atoms with E-state index in [2.05, 4.69) is 5.32 Å². The summed E-state index contributed by atoms with van der Waals surface area (Å²) in [6.45, 7) is 0. The molecule has 0 bridgehead atoms. The Bertz CT molecular complexity index is 1650. The highest BCUT2D eigenvalue weighted by Gasteiger charge is 2.70. The van der Waals surface area contributed by atoms with E-state index in [0.29, 0.717) is 16.1 Å². The molecule has 3 aromatic carbocycles. The molecule has 1 saturated heterocycles. The van der Waals surface area contributed by atoms with Gasteiger partial charge in [-0.3, -0.25) is 14.4 Å². The molecule has 3 aliphatic rings. The molecule has 1 aromatic heterocycles. The molecule has 4 heterocycles. The predicted octanol–water partition coefficient (Wildman–Crippen LogP) is 5.87. The van der Waals surface area contributed by atoms with Crippen molar-refractivity contribution < 1.29 is 18.8 Å². The van der Waals surface area contributed by atoms with E-state index >= 15 is 0 Å². The molecule has 5 nitrogen and oxygen atoms in total. The lowest BCUT2D eigenvalue weighted by molar-refractivity contribution is -0.122. The van der Waals surface area contributed by atoms with Crippen LogP contribution in [0.4, 0.5) is 10.1 Å². The fourth-order valence-corrected chi connectivity index (χ4v) is 7.22. The number of carbonyl (C=O) groups is 3. The third kappa shape index (κ3) is 2.99. The van der Waals surface area contributed by atoms with Crippen LogP contribution in [0.25, 0.3) is 6.08 Å². The van der Waals surface area contributed by atoms with E-state index in [1.54, 1.807) is 12.1 Å². The average Bonchev–Trinajstić information content (AvgIpc) is 3.65. The summed E-state index contributed by atoms with van der Waals surface area (Å²) >= 11 is 1.31. The van der Waals surface area contributed by atoms with Gasteiger partial charge in [0.1, 0.15) is 17.3 Å². The minimum absolute atomic E-state index is 0.219. The van der Waals surface area contributed by atoms with Crippen molar-refractivity contribution >= 4 is 40.6 Å². The van der Waals surface area contributed by atoms with Crippen molar-refractivity contribution in [3.63, 3.8) is 0 Å². The Hall–Kier alpha value is -4.36. The first-order valence-corrected chi connectivity index (χ1v) is 13.2. The van der Waals surface area contributed by atoms with E-state index in [-0.39, 0.29) is 23.0 Å². The number of hydrogen-bond acceptors (Lipinski definition) is 5. The zero-order chi connectivity index (χ0) is 26.0. The standard InChI is InChI=1S/C31H21FN2O3S/c32-20-13-11-19(12-14-20)27(35)25-26(28(36)24-10-5-17-38-24)34-16-15-18-6-1-2-7-21(18)29(34)31(25)22-8-3-4-9-23(22)33-30(31)37/h1-17,25-26,29H,(H,33,37)/t25-,26+,29+,31+/m1/s1. The molecule has 1 amide bonds. The molecule has 1 spiro atoms. The number of anilines is 1. The van der Waals surface area contributed by atoms with Gasteiger partial charge in [-0.1, -0.05) is 48.5 Å². The second kappa shape index (κ2) is 8.33. The highest BCUT2D eigenvalue weighted by atomic mass is 32.1. The molecule has 3 aliphatic heterocycles. The van der Waals surface area contributed by atoms with Crippen LogP contribution in [0.3, 0.4) is 0 Å². The van der Waals surface area contributed by atoms with Crippen LogP contribution in [0.15, 0.2) is 96.5 Å². The molecule has 0 aliphatic carbocycles. The molecule has 1 fully saturated rings. The molecule has 0 unspecified atom stereocenters. The SMILES string of the molecule is O=C(c1cccs1)[C@@H]1[C@H](C(=O)c2ccc(F)cc2)[C@]2(C(=O)Nc3ccccc32)[C@@H]2c3ccccc3C=CN12. The number of amides is 1. The summed E-state index contributed by atoms with van der Waals surface area (Å²) in [6.07, 6.45) is 3.77. The summed E-state index contributed by atoms with van der Waals surface area (Å²) in [6, 6.07) is 22.5. The van der Waals surface area contributed by atoms with Gasteiger partial charge in [-0.25, -0.2) is 4.39 Å². The molecule has 7 rings (SSSR count). The van der Waals surface area contributed by atoms with Crippen molar-refractivity contribution in [1.29, 1.82) is 0 Å². The van der Waals surface area contributed by atoms with E-state index in [4.69, 9.17) is 0 Å². The van der Waals surface area contributed by atoms with Crippen molar-refractivity contribution in [3.8, 4) is 0 Å². The molecular formula is C31H21FN2O3S. The van der Waals surface area contributed by atoms with E-state index < -0.39 is 29.2 Å². The fraction of sp³-hybridized carbons (Fsp3) is 0.129. The maximum Gasteiger partial charge on any atom is 0.238 e. The van der Waals surface area contributed by atoms with Crippen LogP contribution in [0.5, 0.6) is 0 Å². The van der Waals surface area contributed by atoms with Crippen LogP contribution in [0.2, 0.25) is 0 Å². The Morgan fingerprint density at radius 2 is 1.66 bits per heavy atom. The van der Waals surface area contributed by atoms with Gasteiger partial charge < -0.3 is 10.2 Å². The molecule has 4 aromatic rings. The van der Waals surface area contributed by atoms with Crippen molar-refractivity contribution in [2.75, 3.05) is 5.32 Å². The molecule has 1 N–H and O–H groups in total. The number of thiophene rings is 1. The number of Topliss-reactive ketones (excluding diaryl/α,β-unsaturated/α-hetero) is 2. The van der Waals surface area contributed by atoms with Crippen molar-refractivity contribution in [2.24, 2.45) is 5.92 Å². The minimum atomic E-state index is -1.39. The largest absolute Gasteiger partial charge is 0.358 e. The smallest absolute Gasteiger partial charge is 0.238 e. The van der Waals surface area contributed by atoms with E-state index in [1.165, 1.54) is 35.6 Å². The molecule has 0 radical (unpaired) electrons. The number of para-hydroxylation sites is 1. The van der Waals surface area contributed by atoms with Crippen LogP contribution in [0.1, 0.15) is 42.8 Å². The third-order valence-corrected chi connectivity index (χ3v) is 8.90. The van der Waals surface area contributed by atoms with Crippen LogP contribution < -0.4 is 5.32 Å². The van der Waals surface area contributed by atoms with E-state index in [9.17, 15) is 18.8 Å².